The molecule has 3 rings (SSSR count). The van der Waals surface area contributed by atoms with Crippen LogP contribution in [0.2, 0.25) is 0 Å². The molecule has 5 nitrogen and oxygen atoms in total. The zero-order chi connectivity index (χ0) is 12.4. The van der Waals surface area contributed by atoms with Crippen LogP contribution in [0.4, 0.5) is 5.69 Å². The third-order valence-corrected chi connectivity index (χ3v) is 2.68. The largest absolute Gasteiger partial charge is 0.394 e. The molecule has 18 heavy (non-hydrogen) atoms. The van der Waals surface area contributed by atoms with Crippen molar-refractivity contribution in [2.75, 3.05) is 5.73 Å². The lowest BCUT2D eigenvalue weighted by molar-refractivity contribution is 0.432. The van der Waals surface area contributed by atoms with E-state index < -0.39 is 0 Å². The summed E-state index contributed by atoms with van der Waals surface area (Å²) in [5.74, 6) is 0.564. The summed E-state index contributed by atoms with van der Waals surface area (Å²) in [5, 5.41) is 7.94. The van der Waals surface area contributed by atoms with Crippen LogP contribution in [0.25, 0.3) is 11.3 Å². The second kappa shape index (κ2) is 4.37. The predicted octanol–water partition coefficient (Wildman–Crippen LogP) is 2.17. The van der Waals surface area contributed by atoms with Crippen LogP contribution in [0.3, 0.4) is 0 Å². The van der Waals surface area contributed by atoms with E-state index in [1.165, 1.54) is 11.8 Å². The number of benzene rings is 1. The van der Waals surface area contributed by atoms with Gasteiger partial charge in [-0.3, -0.25) is 4.68 Å². The van der Waals surface area contributed by atoms with Crippen molar-refractivity contribution in [1.82, 2.24) is 14.9 Å². The van der Waals surface area contributed by atoms with Crippen LogP contribution in [0.15, 0.2) is 53.4 Å². The van der Waals surface area contributed by atoms with E-state index in [4.69, 9.17) is 10.3 Å². The molecule has 0 spiro atoms. The van der Waals surface area contributed by atoms with Gasteiger partial charge in [0, 0.05) is 6.20 Å². The molecule has 0 fully saturated rings. The van der Waals surface area contributed by atoms with Gasteiger partial charge >= 0.3 is 0 Å². The lowest BCUT2D eigenvalue weighted by Gasteiger charge is -2.00. The average molecular weight is 240 g/mol. The van der Waals surface area contributed by atoms with E-state index in [1.807, 2.05) is 29.1 Å². The van der Waals surface area contributed by atoms with Gasteiger partial charge in [0.2, 0.25) is 0 Å². The maximum Gasteiger partial charge on any atom is 0.192 e. The normalized spacial score (nSPS) is 10.7. The van der Waals surface area contributed by atoms with Crippen molar-refractivity contribution in [3.05, 3.63) is 54.5 Å². The van der Waals surface area contributed by atoms with Gasteiger partial charge in [-0.05, 0) is 5.56 Å². The molecule has 0 unspecified atom stereocenters. The Labute approximate surface area is 104 Å². The summed E-state index contributed by atoms with van der Waals surface area (Å²) in [7, 11) is 0. The Hall–Kier alpha value is -2.56. The molecule has 2 aromatic heterocycles. The third kappa shape index (κ3) is 1.98. The Morgan fingerprint density at radius 3 is 2.72 bits per heavy atom. The molecule has 0 radical (unpaired) electrons. The smallest absolute Gasteiger partial charge is 0.192 e. The molecule has 0 amide bonds. The van der Waals surface area contributed by atoms with Crippen LogP contribution in [0, 0.1) is 0 Å². The fourth-order valence-corrected chi connectivity index (χ4v) is 1.80. The number of nitrogen functional groups attached to an aromatic ring is 1. The van der Waals surface area contributed by atoms with Crippen molar-refractivity contribution < 1.29 is 4.52 Å². The molecule has 0 aliphatic carbocycles. The second-order valence-electron chi connectivity index (χ2n) is 4.02. The fourth-order valence-electron chi connectivity index (χ4n) is 1.80. The molecule has 0 saturated heterocycles. The maximum absolute atomic E-state index is 5.74. The van der Waals surface area contributed by atoms with Gasteiger partial charge in [-0.25, -0.2) is 0 Å². The molecular weight excluding hydrogens is 228 g/mol. The summed E-state index contributed by atoms with van der Waals surface area (Å²) in [5.41, 5.74) is 8.29. The molecule has 0 saturated carbocycles. The topological polar surface area (TPSA) is 69.9 Å². The Kier molecular flexibility index (Phi) is 2.57. The van der Waals surface area contributed by atoms with Crippen molar-refractivity contribution in [2.24, 2.45) is 0 Å². The van der Waals surface area contributed by atoms with Gasteiger partial charge in [-0.1, -0.05) is 35.5 Å². The van der Waals surface area contributed by atoms with Crippen molar-refractivity contribution in [3.63, 3.8) is 0 Å². The molecule has 2 N–H and O–H groups in total. The van der Waals surface area contributed by atoms with Crippen molar-refractivity contribution in [1.29, 1.82) is 0 Å². The van der Waals surface area contributed by atoms with E-state index in [1.54, 1.807) is 6.20 Å². The monoisotopic (exact) mass is 240 g/mol. The molecule has 3 aromatic rings. The van der Waals surface area contributed by atoms with Crippen LogP contribution in [-0.2, 0) is 6.54 Å². The standard InChI is InChI=1S/C13H12N4O/c14-12-7-16-18-13(12)11-6-15-17(9-11)8-10-4-2-1-3-5-10/h1-7,9H,8,14H2. The Balaban J connectivity index is 1.84. The first-order valence-electron chi connectivity index (χ1n) is 5.60. The first-order valence-corrected chi connectivity index (χ1v) is 5.60. The summed E-state index contributed by atoms with van der Waals surface area (Å²) in [4.78, 5) is 0. The predicted molar refractivity (Wildman–Crippen MR) is 67.7 cm³/mol. The summed E-state index contributed by atoms with van der Waals surface area (Å²) < 4.78 is 6.93. The zero-order valence-corrected chi connectivity index (χ0v) is 9.65. The van der Waals surface area contributed by atoms with Gasteiger partial charge in [0.05, 0.1) is 24.5 Å². The number of nitrogens with zero attached hydrogens (tertiary/aromatic N) is 3. The van der Waals surface area contributed by atoms with Crippen molar-refractivity contribution in [2.45, 2.75) is 6.54 Å². The highest BCUT2D eigenvalue weighted by Crippen LogP contribution is 2.24. The number of hydrogen-bond acceptors (Lipinski definition) is 4. The van der Waals surface area contributed by atoms with Gasteiger partial charge < -0.3 is 10.3 Å². The lowest BCUT2D eigenvalue weighted by atomic mass is 10.2. The van der Waals surface area contributed by atoms with E-state index in [0.717, 1.165) is 12.1 Å². The van der Waals surface area contributed by atoms with E-state index in [0.29, 0.717) is 11.4 Å². The fraction of sp³-hybridized carbons (Fsp3) is 0.0769. The molecule has 0 bridgehead atoms. The first kappa shape index (κ1) is 10.6. The number of hydrogen-bond donors (Lipinski definition) is 1. The van der Waals surface area contributed by atoms with Crippen LogP contribution >= 0.6 is 0 Å². The van der Waals surface area contributed by atoms with Crippen molar-refractivity contribution in [3.8, 4) is 11.3 Å². The van der Waals surface area contributed by atoms with Crippen LogP contribution in [-0.4, -0.2) is 14.9 Å². The minimum Gasteiger partial charge on any atom is -0.394 e. The van der Waals surface area contributed by atoms with Gasteiger partial charge in [0.15, 0.2) is 5.76 Å². The average Bonchev–Trinajstić information content (AvgIpc) is 2.99. The summed E-state index contributed by atoms with van der Waals surface area (Å²) in [6.45, 7) is 0.717. The highest BCUT2D eigenvalue weighted by Gasteiger charge is 2.10. The summed E-state index contributed by atoms with van der Waals surface area (Å²) in [6.07, 6.45) is 5.10. The van der Waals surface area contributed by atoms with Crippen LogP contribution < -0.4 is 5.73 Å². The third-order valence-electron chi connectivity index (χ3n) is 2.68. The molecular formula is C13H12N4O. The molecule has 1 aromatic carbocycles. The summed E-state index contributed by atoms with van der Waals surface area (Å²) in [6, 6.07) is 10.1. The SMILES string of the molecule is Nc1cnoc1-c1cnn(Cc2ccccc2)c1. The summed E-state index contributed by atoms with van der Waals surface area (Å²) >= 11 is 0. The van der Waals surface area contributed by atoms with E-state index in [2.05, 4.69) is 22.4 Å². The molecule has 0 aliphatic heterocycles. The highest BCUT2D eigenvalue weighted by molar-refractivity contribution is 5.68. The Bertz CT molecular complexity index is 642. The maximum atomic E-state index is 5.74. The number of nitrogens with two attached hydrogens (primary N) is 1. The minimum absolute atomic E-state index is 0.522. The molecule has 0 aliphatic rings. The first-order chi connectivity index (χ1) is 8.83. The highest BCUT2D eigenvalue weighted by atomic mass is 16.5. The lowest BCUT2D eigenvalue weighted by Crippen LogP contribution is -1.99. The van der Waals surface area contributed by atoms with E-state index >= 15 is 0 Å². The van der Waals surface area contributed by atoms with Gasteiger partial charge in [0.25, 0.3) is 0 Å². The number of anilines is 1. The molecule has 90 valence electrons. The number of aromatic nitrogens is 3. The second-order valence-corrected chi connectivity index (χ2v) is 4.02. The van der Waals surface area contributed by atoms with Crippen molar-refractivity contribution >= 4 is 5.69 Å². The van der Waals surface area contributed by atoms with Gasteiger partial charge in [0.1, 0.15) is 5.69 Å². The molecule has 2 heterocycles. The Morgan fingerprint density at radius 2 is 2.00 bits per heavy atom. The quantitative estimate of drug-likeness (QED) is 0.761. The van der Waals surface area contributed by atoms with E-state index in [9.17, 15) is 0 Å². The van der Waals surface area contributed by atoms with Gasteiger partial charge in [-0.2, -0.15) is 5.10 Å². The molecule has 0 atom stereocenters. The minimum atomic E-state index is 0.522. The van der Waals surface area contributed by atoms with Gasteiger partial charge in [-0.15, -0.1) is 0 Å². The van der Waals surface area contributed by atoms with E-state index in [-0.39, 0.29) is 0 Å². The number of rotatable bonds is 3. The van der Waals surface area contributed by atoms with Crippen LogP contribution in [0.5, 0.6) is 0 Å². The Morgan fingerprint density at radius 1 is 1.17 bits per heavy atom. The zero-order valence-electron chi connectivity index (χ0n) is 9.65. The molecule has 5 heteroatoms. The van der Waals surface area contributed by atoms with Crippen LogP contribution in [0.1, 0.15) is 5.56 Å².